The molecule has 0 saturated carbocycles. The minimum atomic E-state index is 0. The Labute approximate surface area is 306 Å². The number of unbranched alkanes of at least 4 members (excludes halogenated alkanes) is 38. The van der Waals surface area contributed by atoms with Crippen LogP contribution in [-0.2, 0) is 4.74 Å². The lowest BCUT2D eigenvalue weighted by Crippen LogP contribution is -1.97. The SMILES string of the molecule is C=C.CCCCCCCCCCCCCCCCCCCCCCOCCCCCCCCCCCCCCCCCCCCCC.O. The van der Waals surface area contributed by atoms with Gasteiger partial charge in [-0.2, -0.15) is 0 Å². The number of hydrogen-bond acceptors (Lipinski definition) is 1. The molecule has 0 aromatic rings. The lowest BCUT2D eigenvalue weighted by molar-refractivity contribution is 0.125. The van der Waals surface area contributed by atoms with Crippen LogP contribution in [0.5, 0.6) is 0 Å². The van der Waals surface area contributed by atoms with E-state index in [0.29, 0.717) is 0 Å². The van der Waals surface area contributed by atoms with Crippen molar-refractivity contribution in [1.82, 2.24) is 0 Å². The average Bonchev–Trinajstić information content (AvgIpc) is 3.10. The molecule has 0 fully saturated rings. The third-order valence-corrected chi connectivity index (χ3v) is 10.3. The predicted octanol–water partition coefficient (Wildman–Crippen LogP) is 16.6. The fraction of sp³-hybridized carbons (Fsp3) is 0.957. The van der Waals surface area contributed by atoms with Crippen molar-refractivity contribution in [2.24, 2.45) is 0 Å². The first-order valence-corrected chi connectivity index (χ1v) is 22.5. The molecule has 48 heavy (non-hydrogen) atoms. The molecule has 0 spiro atoms. The molecule has 0 aliphatic heterocycles. The Bertz CT molecular complexity index is 450. The highest BCUT2D eigenvalue weighted by atomic mass is 16.5. The van der Waals surface area contributed by atoms with Crippen LogP contribution in [0.1, 0.15) is 271 Å². The van der Waals surface area contributed by atoms with Crippen LogP contribution in [0.4, 0.5) is 0 Å². The van der Waals surface area contributed by atoms with Gasteiger partial charge in [0.25, 0.3) is 0 Å². The molecule has 0 unspecified atom stereocenters. The average molecular weight is 681 g/mol. The minimum Gasteiger partial charge on any atom is -0.412 e. The lowest BCUT2D eigenvalue weighted by atomic mass is 10.0. The van der Waals surface area contributed by atoms with Crippen LogP contribution in [0.3, 0.4) is 0 Å². The first-order chi connectivity index (χ1) is 23.4. The third kappa shape index (κ3) is 52.5. The summed E-state index contributed by atoms with van der Waals surface area (Å²) in [5, 5.41) is 0. The molecule has 0 rings (SSSR count). The van der Waals surface area contributed by atoms with E-state index >= 15 is 0 Å². The smallest absolute Gasteiger partial charge is 0.0466 e. The van der Waals surface area contributed by atoms with Crippen molar-refractivity contribution < 1.29 is 10.2 Å². The van der Waals surface area contributed by atoms with Gasteiger partial charge in [0, 0.05) is 13.2 Å². The van der Waals surface area contributed by atoms with Crippen LogP contribution in [0.25, 0.3) is 0 Å². The van der Waals surface area contributed by atoms with Gasteiger partial charge in [-0.15, -0.1) is 13.2 Å². The number of hydrogen-bond donors (Lipinski definition) is 0. The van der Waals surface area contributed by atoms with E-state index in [4.69, 9.17) is 4.74 Å². The summed E-state index contributed by atoms with van der Waals surface area (Å²) in [6.07, 6.45) is 58.0. The van der Waals surface area contributed by atoms with Gasteiger partial charge in [0.1, 0.15) is 0 Å². The summed E-state index contributed by atoms with van der Waals surface area (Å²) in [7, 11) is 0. The molecule has 0 atom stereocenters. The largest absolute Gasteiger partial charge is 0.412 e. The van der Waals surface area contributed by atoms with Crippen molar-refractivity contribution in [2.45, 2.75) is 271 Å². The maximum absolute atomic E-state index is 5.91. The Balaban J connectivity index is -0.00000661. The van der Waals surface area contributed by atoms with Crippen molar-refractivity contribution in [2.75, 3.05) is 13.2 Å². The summed E-state index contributed by atoms with van der Waals surface area (Å²) in [6, 6.07) is 0. The fourth-order valence-electron chi connectivity index (χ4n) is 7.02. The molecule has 0 aromatic carbocycles. The Morgan fingerprint density at radius 3 is 0.500 bits per heavy atom. The molecule has 0 saturated heterocycles. The molecular weight excluding hydrogens is 585 g/mol. The quantitative estimate of drug-likeness (QED) is 0.0467. The maximum Gasteiger partial charge on any atom is 0.0466 e. The molecule has 0 radical (unpaired) electrons. The van der Waals surface area contributed by atoms with Gasteiger partial charge in [-0.1, -0.05) is 258 Å². The van der Waals surface area contributed by atoms with E-state index in [1.165, 1.54) is 257 Å². The molecular formula is C46H96O2. The molecule has 0 aliphatic carbocycles. The Morgan fingerprint density at radius 2 is 0.354 bits per heavy atom. The predicted molar refractivity (Wildman–Crippen MR) is 222 cm³/mol. The third-order valence-electron chi connectivity index (χ3n) is 10.3. The van der Waals surface area contributed by atoms with Crippen molar-refractivity contribution in [3.8, 4) is 0 Å². The van der Waals surface area contributed by atoms with Crippen molar-refractivity contribution in [3.63, 3.8) is 0 Å². The van der Waals surface area contributed by atoms with Gasteiger partial charge >= 0.3 is 0 Å². The maximum atomic E-state index is 5.91. The molecule has 2 heteroatoms. The summed E-state index contributed by atoms with van der Waals surface area (Å²) in [5.74, 6) is 0. The second kappa shape index (κ2) is 53.5. The summed E-state index contributed by atoms with van der Waals surface area (Å²) < 4.78 is 5.91. The summed E-state index contributed by atoms with van der Waals surface area (Å²) >= 11 is 0. The Kier molecular flexibility index (Phi) is 57.9. The summed E-state index contributed by atoms with van der Waals surface area (Å²) in [5.41, 5.74) is 0. The highest BCUT2D eigenvalue weighted by Crippen LogP contribution is 2.16. The van der Waals surface area contributed by atoms with Crippen molar-refractivity contribution >= 4 is 0 Å². The van der Waals surface area contributed by atoms with Crippen LogP contribution >= 0.6 is 0 Å². The van der Waals surface area contributed by atoms with Crippen molar-refractivity contribution in [3.05, 3.63) is 13.2 Å². The molecule has 2 nitrogen and oxygen atoms in total. The number of rotatable bonds is 42. The van der Waals surface area contributed by atoms with E-state index in [1.54, 1.807) is 0 Å². The van der Waals surface area contributed by atoms with E-state index in [2.05, 4.69) is 27.0 Å². The van der Waals surface area contributed by atoms with Gasteiger partial charge in [0.15, 0.2) is 0 Å². The van der Waals surface area contributed by atoms with Gasteiger partial charge in [-0.25, -0.2) is 0 Å². The first kappa shape index (κ1) is 52.0. The van der Waals surface area contributed by atoms with Crippen LogP contribution in [0.2, 0.25) is 0 Å². The van der Waals surface area contributed by atoms with E-state index < -0.39 is 0 Å². The van der Waals surface area contributed by atoms with E-state index in [9.17, 15) is 0 Å². The monoisotopic (exact) mass is 681 g/mol. The van der Waals surface area contributed by atoms with E-state index in [-0.39, 0.29) is 5.48 Å². The highest BCUT2D eigenvalue weighted by molar-refractivity contribution is 4.53. The molecule has 0 bridgehead atoms. The van der Waals surface area contributed by atoms with Gasteiger partial charge in [-0.3, -0.25) is 0 Å². The second-order valence-corrected chi connectivity index (χ2v) is 15.0. The standard InChI is InChI=1S/C44H90O.C2H4.H2O/c1-3-5-7-9-11-13-15-17-19-21-23-25-27-29-31-33-35-37-39-41-43-45-44-42-40-38-36-34-32-30-28-26-24-22-20-18-16-14-12-10-8-6-4-2;1-2;/h3-44H2,1-2H3;1-2H2;1H2. The zero-order valence-electron chi connectivity index (χ0n) is 34.0. The lowest BCUT2D eigenvalue weighted by Gasteiger charge is -2.06. The zero-order chi connectivity index (χ0) is 34.4. The summed E-state index contributed by atoms with van der Waals surface area (Å²) in [4.78, 5) is 0. The van der Waals surface area contributed by atoms with Crippen molar-refractivity contribution in [1.29, 1.82) is 0 Å². The summed E-state index contributed by atoms with van der Waals surface area (Å²) in [6.45, 7) is 12.6. The van der Waals surface area contributed by atoms with Crippen LogP contribution in [-0.4, -0.2) is 18.7 Å². The van der Waals surface area contributed by atoms with Crippen LogP contribution in [0.15, 0.2) is 13.2 Å². The Morgan fingerprint density at radius 1 is 0.229 bits per heavy atom. The minimum absolute atomic E-state index is 0. The molecule has 0 aromatic heterocycles. The Hall–Kier alpha value is -0.340. The van der Waals surface area contributed by atoms with Crippen LogP contribution < -0.4 is 0 Å². The van der Waals surface area contributed by atoms with Crippen LogP contribution in [0, 0.1) is 0 Å². The number of ether oxygens (including phenoxy) is 1. The van der Waals surface area contributed by atoms with E-state index in [1.807, 2.05) is 0 Å². The fourth-order valence-corrected chi connectivity index (χ4v) is 7.02. The normalized spacial score (nSPS) is 11.0. The molecule has 0 aliphatic rings. The highest BCUT2D eigenvalue weighted by Gasteiger charge is 1.98. The second-order valence-electron chi connectivity index (χ2n) is 15.0. The molecule has 2 N–H and O–H groups in total. The zero-order valence-corrected chi connectivity index (χ0v) is 34.0. The van der Waals surface area contributed by atoms with Gasteiger partial charge in [0.05, 0.1) is 0 Å². The molecule has 292 valence electrons. The van der Waals surface area contributed by atoms with E-state index in [0.717, 1.165) is 13.2 Å². The van der Waals surface area contributed by atoms with Gasteiger partial charge in [-0.05, 0) is 12.8 Å². The topological polar surface area (TPSA) is 40.7 Å². The molecule has 0 heterocycles. The van der Waals surface area contributed by atoms with Gasteiger partial charge < -0.3 is 10.2 Å². The van der Waals surface area contributed by atoms with Gasteiger partial charge in [0.2, 0.25) is 0 Å². The molecule has 0 amide bonds. The first-order valence-electron chi connectivity index (χ1n) is 22.5.